The van der Waals surface area contributed by atoms with E-state index in [2.05, 4.69) is 20.6 Å². The topological polar surface area (TPSA) is 131 Å². The summed E-state index contributed by atoms with van der Waals surface area (Å²) in [5, 5.41) is 22.4. The SMILES string of the molecule is CCc1cn(S(=O)(=O)c2ccc(F)cc2)cc1C(=O)C=C(O)c1nn[nH]n1. The number of allylic oxidation sites excluding steroid dienone is 1. The maximum atomic E-state index is 13.1. The number of tetrazole rings is 1. The van der Waals surface area contributed by atoms with Gasteiger partial charge in [0.2, 0.25) is 5.82 Å². The monoisotopic (exact) mass is 391 g/mol. The lowest BCUT2D eigenvalue weighted by molar-refractivity contribution is 0.104. The first kappa shape index (κ1) is 18.5. The van der Waals surface area contributed by atoms with Crippen molar-refractivity contribution in [1.29, 1.82) is 0 Å². The Labute approximate surface area is 153 Å². The minimum atomic E-state index is -4.00. The molecule has 0 radical (unpaired) electrons. The van der Waals surface area contributed by atoms with Crippen molar-refractivity contribution in [2.45, 2.75) is 18.2 Å². The Morgan fingerprint density at radius 2 is 2.00 bits per heavy atom. The van der Waals surface area contributed by atoms with Gasteiger partial charge >= 0.3 is 0 Å². The van der Waals surface area contributed by atoms with E-state index < -0.39 is 27.4 Å². The molecule has 0 fully saturated rings. The van der Waals surface area contributed by atoms with Crippen LogP contribution in [-0.4, -0.2) is 43.9 Å². The Morgan fingerprint density at radius 3 is 2.59 bits per heavy atom. The van der Waals surface area contributed by atoms with E-state index in [0.717, 1.165) is 40.5 Å². The summed E-state index contributed by atoms with van der Waals surface area (Å²) in [4.78, 5) is 12.4. The summed E-state index contributed by atoms with van der Waals surface area (Å²) in [6.45, 7) is 1.75. The highest BCUT2D eigenvalue weighted by Gasteiger charge is 2.21. The van der Waals surface area contributed by atoms with Crippen molar-refractivity contribution in [3.63, 3.8) is 0 Å². The van der Waals surface area contributed by atoms with Crippen molar-refractivity contribution in [3.05, 3.63) is 65.5 Å². The minimum absolute atomic E-state index is 0.0956. The van der Waals surface area contributed by atoms with Gasteiger partial charge in [-0.2, -0.15) is 5.21 Å². The average Bonchev–Trinajstić information content (AvgIpc) is 3.32. The summed E-state index contributed by atoms with van der Waals surface area (Å²) in [7, 11) is -4.00. The van der Waals surface area contributed by atoms with Gasteiger partial charge in [0.05, 0.1) is 4.90 Å². The van der Waals surface area contributed by atoms with Crippen LogP contribution in [0.15, 0.2) is 47.6 Å². The zero-order chi connectivity index (χ0) is 19.6. The molecule has 9 nitrogen and oxygen atoms in total. The molecule has 0 unspecified atom stereocenters. The molecule has 0 atom stereocenters. The van der Waals surface area contributed by atoms with Gasteiger partial charge in [-0.05, 0) is 41.5 Å². The molecule has 2 heterocycles. The lowest BCUT2D eigenvalue weighted by atomic mass is 10.1. The standard InChI is InChI=1S/C16H14FN5O4S/c1-2-10-8-22(27(25,26)12-5-3-11(17)4-6-12)9-13(10)14(23)7-15(24)16-18-20-21-19-16/h3-9,24H,2H2,1H3,(H,18,19,20,21). The summed E-state index contributed by atoms with van der Waals surface area (Å²) < 4.78 is 39.3. The van der Waals surface area contributed by atoms with Crippen LogP contribution < -0.4 is 0 Å². The molecule has 0 spiro atoms. The predicted octanol–water partition coefficient (Wildman–Crippen LogP) is 1.72. The largest absolute Gasteiger partial charge is 0.504 e. The molecule has 0 aliphatic heterocycles. The van der Waals surface area contributed by atoms with Crippen molar-refractivity contribution in [3.8, 4) is 0 Å². The average molecular weight is 391 g/mol. The Kier molecular flexibility index (Phi) is 4.86. The number of hydrogen-bond donors (Lipinski definition) is 2. The number of rotatable bonds is 6. The van der Waals surface area contributed by atoms with Gasteiger partial charge in [-0.25, -0.2) is 16.8 Å². The van der Waals surface area contributed by atoms with Gasteiger partial charge in [0.25, 0.3) is 10.0 Å². The van der Waals surface area contributed by atoms with E-state index in [1.54, 1.807) is 6.92 Å². The van der Waals surface area contributed by atoms with Crippen molar-refractivity contribution in [2.75, 3.05) is 0 Å². The molecule has 2 aromatic heterocycles. The Hall–Kier alpha value is -3.34. The maximum Gasteiger partial charge on any atom is 0.267 e. The molecule has 0 aliphatic rings. The lowest BCUT2D eigenvalue weighted by Gasteiger charge is -2.05. The van der Waals surface area contributed by atoms with E-state index in [4.69, 9.17) is 0 Å². The number of carbonyl (C=O) groups excluding carboxylic acids is 1. The number of hydrogen-bond acceptors (Lipinski definition) is 7. The normalized spacial score (nSPS) is 12.3. The molecule has 11 heteroatoms. The Balaban J connectivity index is 1.99. The highest BCUT2D eigenvalue weighted by Crippen LogP contribution is 2.21. The van der Waals surface area contributed by atoms with Crippen LogP contribution in [0.3, 0.4) is 0 Å². The molecule has 1 aromatic carbocycles. The maximum absolute atomic E-state index is 13.1. The van der Waals surface area contributed by atoms with Crippen LogP contribution in [0.5, 0.6) is 0 Å². The third kappa shape index (κ3) is 3.62. The molecule has 0 aliphatic carbocycles. The molecule has 3 rings (SSSR count). The molecule has 0 saturated carbocycles. The number of benzene rings is 1. The second-order valence-electron chi connectivity index (χ2n) is 5.47. The molecular weight excluding hydrogens is 377 g/mol. The molecule has 27 heavy (non-hydrogen) atoms. The van der Waals surface area contributed by atoms with Crippen molar-refractivity contribution in [1.82, 2.24) is 24.6 Å². The minimum Gasteiger partial charge on any atom is -0.504 e. The number of nitrogens with zero attached hydrogens (tertiary/aromatic N) is 4. The van der Waals surface area contributed by atoms with Crippen LogP contribution in [0.2, 0.25) is 0 Å². The van der Waals surface area contributed by atoms with Crippen molar-refractivity contribution >= 4 is 21.6 Å². The molecular formula is C16H14FN5O4S. The third-order valence-corrected chi connectivity index (χ3v) is 5.40. The van der Waals surface area contributed by atoms with E-state index in [-0.39, 0.29) is 16.3 Å². The first-order chi connectivity index (χ1) is 12.8. The smallest absolute Gasteiger partial charge is 0.267 e. The fraction of sp³-hybridized carbons (Fsp3) is 0.125. The predicted molar refractivity (Wildman–Crippen MR) is 91.9 cm³/mol. The zero-order valence-corrected chi connectivity index (χ0v) is 14.8. The number of carbonyl (C=O) groups is 1. The number of aromatic nitrogens is 5. The van der Waals surface area contributed by atoms with Gasteiger partial charge in [-0.3, -0.25) is 4.79 Å². The number of aromatic amines is 1. The van der Waals surface area contributed by atoms with Gasteiger partial charge in [0.1, 0.15) is 5.82 Å². The number of aryl methyl sites for hydroxylation is 1. The van der Waals surface area contributed by atoms with E-state index >= 15 is 0 Å². The van der Waals surface area contributed by atoms with E-state index in [9.17, 15) is 22.7 Å². The molecule has 0 saturated heterocycles. The van der Waals surface area contributed by atoms with E-state index in [1.807, 2.05) is 0 Å². The molecule has 2 N–H and O–H groups in total. The van der Waals surface area contributed by atoms with Gasteiger partial charge in [0.15, 0.2) is 11.5 Å². The van der Waals surface area contributed by atoms with Gasteiger partial charge in [-0.1, -0.05) is 6.92 Å². The number of aliphatic hydroxyl groups excluding tert-OH is 1. The molecule has 3 aromatic rings. The fourth-order valence-electron chi connectivity index (χ4n) is 2.38. The number of H-pyrrole nitrogens is 1. The third-order valence-electron chi connectivity index (χ3n) is 3.76. The first-order valence-corrected chi connectivity index (χ1v) is 9.17. The number of halogens is 1. The van der Waals surface area contributed by atoms with E-state index in [0.29, 0.717) is 12.0 Å². The lowest BCUT2D eigenvalue weighted by Crippen LogP contribution is -2.11. The fourth-order valence-corrected chi connectivity index (χ4v) is 3.61. The first-order valence-electron chi connectivity index (χ1n) is 7.73. The van der Waals surface area contributed by atoms with Gasteiger partial charge < -0.3 is 5.11 Å². The molecule has 0 amide bonds. The van der Waals surface area contributed by atoms with Crippen LogP contribution >= 0.6 is 0 Å². The summed E-state index contributed by atoms with van der Waals surface area (Å²) >= 11 is 0. The summed E-state index contributed by atoms with van der Waals surface area (Å²) in [5.41, 5.74) is 0.557. The molecule has 0 bridgehead atoms. The highest BCUT2D eigenvalue weighted by molar-refractivity contribution is 7.90. The van der Waals surface area contributed by atoms with Crippen LogP contribution in [0.4, 0.5) is 4.39 Å². The van der Waals surface area contributed by atoms with Crippen molar-refractivity contribution in [2.24, 2.45) is 0 Å². The van der Waals surface area contributed by atoms with Gasteiger partial charge in [-0.15, -0.1) is 10.2 Å². The molecule has 140 valence electrons. The zero-order valence-electron chi connectivity index (χ0n) is 14.0. The van der Waals surface area contributed by atoms with Crippen LogP contribution in [0.25, 0.3) is 5.76 Å². The van der Waals surface area contributed by atoms with Crippen LogP contribution in [0.1, 0.15) is 28.7 Å². The quantitative estimate of drug-likeness (QED) is 0.372. The number of ketones is 1. The summed E-state index contributed by atoms with van der Waals surface area (Å²) in [5.74, 6) is -1.86. The summed E-state index contributed by atoms with van der Waals surface area (Å²) in [6, 6.07) is 4.35. The summed E-state index contributed by atoms with van der Waals surface area (Å²) in [6.07, 6.45) is 3.73. The van der Waals surface area contributed by atoms with Crippen LogP contribution in [0, 0.1) is 5.82 Å². The Morgan fingerprint density at radius 1 is 1.30 bits per heavy atom. The number of nitrogens with one attached hydrogen (secondary N) is 1. The Bertz CT molecular complexity index is 1100. The van der Waals surface area contributed by atoms with E-state index in [1.165, 1.54) is 6.20 Å². The highest BCUT2D eigenvalue weighted by atomic mass is 32.2. The van der Waals surface area contributed by atoms with Crippen LogP contribution in [-0.2, 0) is 16.4 Å². The van der Waals surface area contributed by atoms with Crippen molar-refractivity contribution < 1.29 is 22.7 Å². The number of aliphatic hydroxyl groups is 1. The second-order valence-corrected chi connectivity index (χ2v) is 7.31. The second kappa shape index (κ2) is 7.11. The van der Waals surface area contributed by atoms with Gasteiger partial charge in [0, 0.05) is 24.0 Å².